The Kier molecular flexibility index (Phi) is 3.32. The monoisotopic (exact) mass is 245 g/mol. The zero-order valence-electron chi connectivity index (χ0n) is 10.3. The van der Waals surface area contributed by atoms with Crippen molar-refractivity contribution in [3.8, 4) is 5.75 Å². The van der Waals surface area contributed by atoms with Crippen molar-refractivity contribution in [3.05, 3.63) is 41.7 Å². The topological polar surface area (TPSA) is 67.2 Å². The van der Waals surface area contributed by atoms with Crippen molar-refractivity contribution in [1.29, 1.82) is 0 Å². The van der Waals surface area contributed by atoms with E-state index >= 15 is 0 Å². The zero-order valence-corrected chi connectivity index (χ0v) is 10.3. The molecule has 0 fully saturated rings. The molecule has 1 heterocycles. The van der Waals surface area contributed by atoms with Gasteiger partial charge in [0.05, 0.1) is 0 Å². The van der Waals surface area contributed by atoms with Gasteiger partial charge in [0.15, 0.2) is 0 Å². The minimum Gasteiger partial charge on any atom is -0.508 e. The molecule has 2 aromatic rings. The summed E-state index contributed by atoms with van der Waals surface area (Å²) in [6, 6.07) is 5.16. The first-order chi connectivity index (χ1) is 8.56. The number of nitrogens with one attached hydrogen (secondary N) is 1. The number of anilines is 1. The Balaban J connectivity index is 2.09. The second-order valence-electron chi connectivity index (χ2n) is 4.21. The highest BCUT2D eigenvalue weighted by Crippen LogP contribution is 2.24. The Bertz CT molecular complexity index is 562. The summed E-state index contributed by atoms with van der Waals surface area (Å²) in [5.74, 6) is 0.0875. The van der Waals surface area contributed by atoms with Crippen molar-refractivity contribution in [2.75, 3.05) is 5.32 Å². The van der Waals surface area contributed by atoms with Gasteiger partial charge in [0.2, 0.25) is 5.91 Å². The summed E-state index contributed by atoms with van der Waals surface area (Å²) in [5, 5.41) is 16.3. The Morgan fingerprint density at radius 2 is 2.17 bits per heavy atom. The second-order valence-corrected chi connectivity index (χ2v) is 4.21. The number of hydrogen-bond donors (Lipinski definition) is 2. The Hall–Kier alpha value is -2.30. The Labute approximate surface area is 105 Å². The predicted molar refractivity (Wildman–Crippen MR) is 68.4 cm³/mol. The third kappa shape index (κ3) is 2.68. The highest BCUT2D eigenvalue weighted by molar-refractivity contribution is 5.91. The van der Waals surface area contributed by atoms with Crippen LogP contribution in [-0.2, 0) is 11.3 Å². The van der Waals surface area contributed by atoms with E-state index in [4.69, 9.17) is 0 Å². The normalized spacial score (nSPS) is 10.3. The highest BCUT2D eigenvalue weighted by Gasteiger charge is 2.08. The molecule has 0 unspecified atom stereocenters. The lowest BCUT2D eigenvalue weighted by atomic mass is 10.1. The molecular formula is C13H15N3O2. The number of benzene rings is 1. The zero-order chi connectivity index (χ0) is 13.1. The third-order valence-corrected chi connectivity index (χ3v) is 2.68. The number of hydrogen-bond acceptors (Lipinski definition) is 3. The van der Waals surface area contributed by atoms with Gasteiger partial charge in [-0.05, 0) is 43.2 Å². The van der Waals surface area contributed by atoms with Gasteiger partial charge in [0.1, 0.15) is 12.3 Å². The number of aryl methyl sites for hydroxylation is 2. The maximum absolute atomic E-state index is 11.8. The SMILES string of the molecule is Cc1cc(NC(=O)Cn2cccn2)c(C)cc1O. The fraction of sp³-hybridized carbons (Fsp3) is 0.231. The van der Waals surface area contributed by atoms with Crippen molar-refractivity contribution in [2.45, 2.75) is 20.4 Å². The van der Waals surface area contributed by atoms with E-state index in [0.717, 1.165) is 11.1 Å². The van der Waals surface area contributed by atoms with Crippen molar-refractivity contribution >= 4 is 11.6 Å². The molecule has 2 rings (SSSR count). The minimum absolute atomic E-state index is 0.146. The van der Waals surface area contributed by atoms with E-state index in [1.807, 2.05) is 6.92 Å². The molecule has 0 saturated heterocycles. The molecule has 2 N–H and O–H groups in total. The fourth-order valence-electron chi connectivity index (χ4n) is 1.67. The lowest BCUT2D eigenvalue weighted by Gasteiger charge is -2.10. The predicted octanol–water partition coefficient (Wildman–Crippen LogP) is 1.84. The van der Waals surface area contributed by atoms with E-state index in [1.165, 1.54) is 0 Å². The summed E-state index contributed by atoms with van der Waals surface area (Å²) >= 11 is 0. The van der Waals surface area contributed by atoms with Crippen molar-refractivity contribution in [2.24, 2.45) is 0 Å². The Morgan fingerprint density at radius 1 is 1.39 bits per heavy atom. The van der Waals surface area contributed by atoms with Crippen LogP contribution < -0.4 is 5.32 Å². The van der Waals surface area contributed by atoms with Crippen LogP contribution in [0.2, 0.25) is 0 Å². The Morgan fingerprint density at radius 3 is 2.83 bits per heavy atom. The van der Waals surface area contributed by atoms with E-state index in [0.29, 0.717) is 5.69 Å². The number of carbonyl (C=O) groups is 1. The van der Waals surface area contributed by atoms with Gasteiger partial charge in [0, 0.05) is 18.1 Å². The fourth-order valence-corrected chi connectivity index (χ4v) is 1.67. The summed E-state index contributed by atoms with van der Waals surface area (Å²) in [5.41, 5.74) is 2.27. The molecule has 0 radical (unpaired) electrons. The maximum Gasteiger partial charge on any atom is 0.246 e. The molecule has 1 amide bonds. The molecule has 0 aliphatic heterocycles. The van der Waals surface area contributed by atoms with Gasteiger partial charge >= 0.3 is 0 Å². The average Bonchev–Trinajstić information content (AvgIpc) is 2.78. The first-order valence-corrected chi connectivity index (χ1v) is 5.64. The van der Waals surface area contributed by atoms with Crippen LogP contribution in [0, 0.1) is 13.8 Å². The van der Waals surface area contributed by atoms with Crippen LogP contribution in [0.3, 0.4) is 0 Å². The van der Waals surface area contributed by atoms with Gasteiger partial charge in [-0.2, -0.15) is 5.10 Å². The number of phenolic OH excluding ortho intramolecular Hbond substituents is 1. The molecular weight excluding hydrogens is 230 g/mol. The first-order valence-electron chi connectivity index (χ1n) is 5.64. The van der Waals surface area contributed by atoms with Gasteiger partial charge in [0.25, 0.3) is 0 Å². The molecule has 94 valence electrons. The number of aromatic nitrogens is 2. The number of phenols is 1. The summed E-state index contributed by atoms with van der Waals surface area (Å²) in [7, 11) is 0. The third-order valence-electron chi connectivity index (χ3n) is 2.68. The van der Waals surface area contributed by atoms with E-state index in [1.54, 1.807) is 42.2 Å². The number of carbonyl (C=O) groups excluding carboxylic acids is 1. The van der Waals surface area contributed by atoms with Crippen LogP contribution in [0.1, 0.15) is 11.1 Å². The van der Waals surface area contributed by atoms with Crippen molar-refractivity contribution < 1.29 is 9.90 Å². The number of nitrogens with zero attached hydrogens (tertiary/aromatic N) is 2. The van der Waals surface area contributed by atoms with Gasteiger partial charge in [-0.25, -0.2) is 0 Å². The number of rotatable bonds is 3. The number of amides is 1. The molecule has 18 heavy (non-hydrogen) atoms. The lowest BCUT2D eigenvalue weighted by Crippen LogP contribution is -2.19. The summed E-state index contributed by atoms with van der Waals surface area (Å²) in [6.45, 7) is 3.80. The van der Waals surface area contributed by atoms with Crippen LogP contribution in [0.15, 0.2) is 30.6 Å². The molecule has 5 heteroatoms. The molecule has 0 atom stereocenters. The molecule has 0 aliphatic rings. The summed E-state index contributed by atoms with van der Waals surface area (Å²) in [6.07, 6.45) is 3.36. The molecule has 5 nitrogen and oxygen atoms in total. The quantitative estimate of drug-likeness (QED) is 0.811. The molecule has 1 aromatic carbocycles. The highest BCUT2D eigenvalue weighted by atomic mass is 16.3. The lowest BCUT2D eigenvalue weighted by molar-refractivity contribution is -0.116. The van der Waals surface area contributed by atoms with Crippen LogP contribution in [-0.4, -0.2) is 20.8 Å². The molecule has 0 aliphatic carbocycles. The van der Waals surface area contributed by atoms with Crippen molar-refractivity contribution in [3.63, 3.8) is 0 Å². The maximum atomic E-state index is 11.8. The van der Waals surface area contributed by atoms with Crippen LogP contribution in [0.25, 0.3) is 0 Å². The number of aromatic hydroxyl groups is 1. The smallest absolute Gasteiger partial charge is 0.246 e. The van der Waals surface area contributed by atoms with Crippen LogP contribution in [0.5, 0.6) is 5.75 Å². The van der Waals surface area contributed by atoms with Crippen LogP contribution >= 0.6 is 0 Å². The summed E-state index contributed by atoms with van der Waals surface area (Å²) in [4.78, 5) is 11.8. The van der Waals surface area contributed by atoms with E-state index in [2.05, 4.69) is 10.4 Å². The van der Waals surface area contributed by atoms with E-state index < -0.39 is 0 Å². The van der Waals surface area contributed by atoms with E-state index in [9.17, 15) is 9.90 Å². The summed E-state index contributed by atoms with van der Waals surface area (Å²) < 4.78 is 1.55. The van der Waals surface area contributed by atoms with Gasteiger partial charge in [-0.1, -0.05) is 0 Å². The van der Waals surface area contributed by atoms with Crippen molar-refractivity contribution in [1.82, 2.24) is 9.78 Å². The van der Waals surface area contributed by atoms with Crippen LogP contribution in [0.4, 0.5) is 5.69 Å². The first kappa shape index (κ1) is 12.2. The average molecular weight is 245 g/mol. The second kappa shape index (κ2) is 4.91. The largest absolute Gasteiger partial charge is 0.508 e. The molecule has 1 aromatic heterocycles. The van der Waals surface area contributed by atoms with Gasteiger partial charge in [-0.15, -0.1) is 0 Å². The molecule has 0 spiro atoms. The van der Waals surface area contributed by atoms with E-state index in [-0.39, 0.29) is 18.2 Å². The molecule has 0 bridgehead atoms. The van der Waals surface area contributed by atoms with Gasteiger partial charge in [-0.3, -0.25) is 9.48 Å². The standard InChI is InChI=1S/C13H15N3O2/c1-9-7-12(17)10(2)6-11(9)15-13(18)8-16-5-3-4-14-16/h3-7,17H,8H2,1-2H3,(H,15,18). The minimum atomic E-state index is -0.146. The molecule has 0 saturated carbocycles. The van der Waals surface area contributed by atoms with Gasteiger partial charge < -0.3 is 10.4 Å².